The lowest BCUT2D eigenvalue weighted by molar-refractivity contribution is -0.154. The number of hydrogen-bond donors (Lipinski definition) is 1. The first kappa shape index (κ1) is 31.6. The summed E-state index contributed by atoms with van der Waals surface area (Å²) in [5.74, 6) is -2.26. The molecule has 0 aliphatic carbocycles. The Morgan fingerprint density at radius 1 is 1.20 bits per heavy atom. The monoisotopic (exact) mass is 647 g/mol. The fourth-order valence-electron chi connectivity index (χ4n) is 6.79. The van der Waals surface area contributed by atoms with Crippen LogP contribution in [0.2, 0.25) is 0 Å². The van der Waals surface area contributed by atoms with Crippen molar-refractivity contribution in [2.75, 3.05) is 42.6 Å². The SMILES string of the molecule is C=CCCOC(=O)[C@H]1[C@H]2C(=O)N([C@@H](CC)CO)C(C(=O)N(CC=C)c3ccc(N(CC)CC)cc3)C23CC(Br)[C@@H]1S3. The zero-order valence-electron chi connectivity index (χ0n) is 24.2. The summed E-state index contributed by atoms with van der Waals surface area (Å²) >= 11 is 5.35. The maximum atomic E-state index is 14.7. The highest BCUT2D eigenvalue weighted by Gasteiger charge is 2.76. The van der Waals surface area contributed by atoms with Crippen molar-refractivity contribution < 1.29 is 24.2 Å². The Kier molecular flexibility index (Phi) is 10.3. The Balaban J connectivity index is 1.76. The molecular formula is C31H42BrN3O5S. The average molecular weight is 649 g/mol. The summed E-state index contributed by atoms with van der Waals surface area (Å²) in [6.07, 6.45) is 4.94. The van der Waals surface area contributed by atoms with E-state index in [2.05, 4.69) is 47.8 Å². The minimum atomic E-state index is -0.847. The summed E-state index contributed by atoms with van der Waals surface area (Å²) in [4.78, 5) is 47.8. The summed E-state index contributed by atoms with van der Waals surface area (Å²) in [5.41, 5.74) is 1.78. The topological polar surface area (TPSA) is 90.4 Å². The van der Waals surface area contributed by atoms with Crippen molar-refractivity contribution in [3.05, 3.63) is 49.6 Å². The van der Waals surface area contributed by atoms with Gasteiger partial charge in [-0.2, -0.15) is 0 Å². The predicted octanol–water partition coefficient (Wildman–Crippen LogP) is 4.41. The van der Waals surface area contributed by atoms with E-state index in [9.17, 15) is 19.5 Å². The number of esters is 1. The number of aliphatic hydroxyl groups excluding tert-OH is 1. The number of anilines is 2. The van der Waals surface area contributed by atoms with Crippen molar-refractivity contribution in [1.82, 2.24) is 4.90 Å². The van der Waals surface area contributed by atoms with Crippen LogP contribution in [0.15, 0.2) is 49.6 Å². The zero-order chi connectivity index (χ0) is 29.9. The molecular weight excluding hydrogens is 606 g/mol. The molecule has 1 aromatic rings. The normalized spacial score (nSPS) is 28.8. The highest BCUT2D eigenvalue weighted by Crippen LogP contribution is 2.68. The summed E-state index contributed by atoms with van der Waals surface area (Å²) in [7, 11) is 0. The molecule has 8 nitrogen and oxygen atoms in total. The second-order valence-electron chi connectivity index (χ2n) is 10.8. The van der Waals surface area contributed by atoms with E-state index in [0.717, 1.165) is 18.8 Å². The Labute approximate surface area is 256 Å². The molecule has 3 heterocycles. The van der Waals surface area contributed by atoms with Crippen molar-refractivity contribution in [2.45, 2.75) is 66.9 Å². The van der Waals surface area contributed by atoms with Gasteiger partial charge in [0.2, 0.25) is 5.91 Å². The number of fused-ring (bicyclic) bond motifs is 1. The molecule has 2 bridgehead atoms. The van der Waals surface area contributed by atoms with E-state index < -0.39 is 34.6 Å². The van der Waals surface area contributed by atoms with E-state index in [-0.39, 0.29) is 41.6 Å². The Hall–Kier alpha value is -2.30. The van der Waals surface area contributed by atoms with Gasteiger partial charge in [0.05, 0.1) is 35.8 Å². The fourth-order valence-corrected chi connectivity index (χ4v) is 10.4. The molecule has 3 unspecified atom stereocenters. The number of halogens is 1. The molecule has 0 radical (unpaired) electrons. The lowest BCUT2D eigenvalue weighted by Gasteiger charge is -2.39. The van der Waals surface area contributed by atoms with Crippen molar-refractivity contribution >= 4 is 56.9 Å². The van der Waals surface area contributed by atoms with Gasteiger partial charge in [0.25, 0.3) is 5.91 Å². The highest BCUT2D eigenvalue weighted by molar-refractivity contribution is 9.09. The van der Waals surface area contributed by atoms with Crippen LogP contribution in [0.5, 0.6) is 0 Å². The number of hydrogen-bond acceptors (Lipinski definition) is 7. The van der Waals surface area contributed by atoms with Crippen LogP contribution >= 0.6 is 27.7 Å². The number of amides is 2. The van der Waals surface area contributed by atoms with Crippen LogP contribution < -0.4 is 9.80 Å². The van der Waals surface area contributed by atoms with Crippen molar-refractivity contribution in [2.24, 2.45) is 11.8 Å². The number of nitrogens with zero attached hydrogens (tertiary/aromatic N) is 3. The van der Waals surface area contributed by atoms with Crippen LogP contribution in [0.3, 0.4) is 0 Å². The number of ether oxygens (including phenoxy) is 1. The molecule has 41 heavy (non-hydrogen) atoms. The summed E-state index contributed by atoms with van der Waals surface area (Å²) < 4.78 is 4.77. The number of likely N-dealkylation sites (tertiary alicyclic amines) is 1. The summed E-state index contributed by atoms with van der Waals surface area (Å²) in [5, 5.41) is 10.1. The number of carbonyl (C=O) groups is 3. The summed E-state index contributed by atoms with van der Waals surface area (Å²) in [6, 6.07) is 6.49. The van der Waals surface area contributed by atoms with Crippen molar-refractivity contribution in [3.63, 3.8) is 0 Å². The Morgan fingerprint density at radius 3 is 2.41 bits per heavy atom. The van der Waals surface area contributed by atoms with E-state index in [1.165, 1.54) is 0 Å². The molecule has 3 aliphatic rings. The van der Waals surface area contributed by atoms with Gasteiger partial charge in [-0.15, -0.1) is 24.9 Å². The van der Waals surface area contributed by atoms with E-state index in [1.54, 1.807) is 33.7 Å². The molecule has 1 spiro atoms. The minimum absolute atomic E-state index is 0.0563. The highest BCUT2D eigenvalue weighted by atomic mass is 79.9. The molecule has 3 saturated heterocycles. The van der Waals surface area contributed by atoms with Crippen molar-refractivity contribution in [1.29, 1.82) is 0 Å². The number of alkyl halides is 1. The predicted molar refractivity (Wildman–Crippen MR) is 169 cm³/mol. The maximum Gasteiger partial charge on any atom is 0.310 e. The van der Waals surface area contributed by atoms with E-state index in [1.807, 2.05) is 31.2 Å². The maximum absolute atomic E-state index is 14.7. The van der Waals surface area contributed by atoms with Gasteiger partial charge in [0.15, 0.2) is 0 Å². The van der Waals surface area contributed by atoms with Gasteiger partial charge in [-0.3, -0.25) is 14.4 Å². The standard InChI is InChI=1S/C31H42BrN3O5S/c1-6-11-17-40-30(39)24-25-28(37)35(20(8-3)19-36)27(31(25)18-23(32)26(24)41-31)29(38)34(16-7-2)22-14-12-21(13-15-22)33(9-4)10-5/h6-7,12-15,20,23-27,36H,1-2,8-11,16-19H2,3-5H3/t20-,23?,24-,25-,26-,27?,31?/m0/s1. The number of thioether (sulfide) groups is 1. The smallest absolute Gasteiger partial charge is 0.310 e. The lowest BCUT2D eigenvalue weighted by atomic mass is 9.71. The second kappa shape index (κ2) is 13.3. The van der Waals surface area contributed by atoms with Gasteiger partial charge in [-0.1, -0.05) is 35.0 Å². The van der Waals surface area contributed by atoms with E-state index in [4.69, 9.17) is 4.74 Å². The number of rotatable bonds is 14. The van der Waals surface area contributed by atoms with Gasteiger partial charge in [-0.05, 0) is 57.4 Å². The van der Waals surface area contributed by atoms with Crippen LogP contribution in [-0.2, 0) is 19.1 Å². The average Bonchev–Trinajstić information content (AvgIpc) is 3.57. The van der Waals surface area contributed by atoms with E-state index in [0.29, 0.717) is 24.9 Å². The van der Waals surface area contributed by atoms with Crippen LogP contribution in [0.25, 0.3) is 0 Å². The zero-order valence-corrected chi connectivity index (χ0v) is 26.6. The van der Waals surface area contributed by atoms with Gasteiger partial charge >= 0.3 is 5.97 Å². The largest absolute Gasteiger partial charge is 0.465 e. The molecule has 3 aliphatic heterocycles. The molecule has 1 aromatic carbocycles. The molecule has 3 fully saturated rings. The van der Waals surface area contributed by atoms with Crippen LogP contribution in [0.4, 0.5) is 11.4 Å². The van der Waals surface area contributed by atoms with Crippen LogP contribution in [0, 0.1) is 11.8 Å². The molecule has 7 atom stereocenters. The fraction of sp³-hybridized carbons (Fsp3) is 0.581. The Morgan fingerprint density at radius 2 is 1.85 bits per heavy atom. The van der Waals surface area contributed by atoms with Crippen LogP contribution in [0.1, 0.15) is 40.0 Å². The third kappa shape index (κ3) is 5.47. The lowest BCUT2D eigenvalue weighted by Crippen LogP contribution is -2.58. The third-order valence-corrected chi connectivity index (χ3v) is 12.0. The molecule has 224 valence electrons. The van der Waals surface area contributed by atoms with Crippen molar-refractivity contribution in [3.8, 4) is 0 Å². The number of benzene rings is 1. The van der Waals surface area contributed by atoms with Gasteiger partial charge in [-0.25, -0.2) is 0 Å². The first-order valence-corrected chi connectivity index (χ1v) is 16.3. The van der Waals surface area contributed by atoms with E-state index >= 15 is 0 Å². The van der Waals surface area contributed by atoms with Gasteiger partial charge in [0.1, 0.15) is 6.04 Å². The minimum Gasteiger partial charge on any atom is -0.465 e. The van der Waals surface area contributed by atoms with Gasteiger partial charge in [0, 0.05) is 41.1 Å². The van der Waals surface area contributed by atoms with Crippen LogP contribution in [-0.4, -0.2) is 87.5 Å². The van der Waals surface area contributed by atoms with Gasteiger partial charge < -0.3 is 24.5 Å². The number of aliphatic hydroxyl groups is 1. The summed E-state index contributed by atoms with van der Waals surface area (Å²) in [6.45, 7) is 15.6. The Bertz CT molecular complexity index is 1140. The molecule has 4 rings (SSSR count). The quantitative estimate of drug-likeness (QED) is 0.138. The molecule has 10 heteroatoms. The first-order chi connectivity index (χ1) is 19.7. The second-order valence-corrected chi connectivity index (χ2v) is 13.5. The molecule has 2 amide bonds. The molecule has 0 aromatic heterocycles. The number of carbonyl (C=O) groups excluding carboxylic acids is 3. The molecule has 0 saturated carbocycles. The third-order valence-electron chi connectivity index (χ3n) is 8.74. The molecule has 1 N–H and O–H groups in total. The first-order valence-electron chi connectivity index (χ1n) is 14.5.